The average molecular weight is 209 g/mol. The lowest BCUT2D eigenvalue weighted by molar-refractivity contribution is 1.24. The van der Waals surface area contributed by atoms with E-state index in [0.717, 1.165) is 16.1 Å². The van der Waals surface area contributed by atoms with Crippen molar-refractivity contribution in [2.45, 2.75) is 13.8 Å². The Morgan fingerprint density at radius 3 is 2.69 bits per heavy atom. The molecule has 0 fully saturated rings. The van der Waals surface area contributed by atoms with Gasteiger partial charge in [0.2, 0.25) is 0 Å². The molecule has 1 heterocycles. The third kappa shape index (κ3) is 1.65. The van der Waals surface area contributed by atoms with Crippen molar-refractivity contribution in [3.05, 3.63) is 53.1 Å². The molecule has 2 rings (SSSR count). The number of aromatic nitrogens is 1. The predicted octanol–water partition coefficient (Wildman–Crippen LogP) is 2.31. The molecule has 0 unspecified atom stereocenters. The summed E-state index contributed by atoms with van der Waals surface area (Å²) < 4.78 is 0. The number of pyridine rings is 1. The zero-order valence-corrected chi connectivity index (χ0v) is 9.70. The molecule has 16 heavy (non-hydrogen) atoms. The summed E-state index contributed by atoms with van der Waals surface area (Å²) in [4.78, 5) is 4.64. The number of hydrogen-bond donors (Lipinski definition) is 0. The Kier molecular flexibility index (Phi) is 2.86. The van der Waals surface area contributed by atoms with E-state index >= 15 is 0 Å². The van der Waals surface area contributed by atoms with Crippen LogP contribution in [0.15, 0.2) is 36.9 Å². The van der Waals surface area contributed by atoms with Crippen LogP contribution in [0.1, 0.15) is 12.5 Å². The molecule has 2 aromatic rings. The molecule has 1 heteroatoms. The first kappa shape index (κ1) is 10.6. The third-order valence-corrected chi connectivity index (χ3v) is 2.79. The van der Waals surface area contributed by atoms with Gasteiger partial charge >= 0.3 is 0 Å². The van der Waals surface area contributed by atoms with Crippen LogP contribution in [-0.2, 0) is 0 Å². The van der Waals surface area contributed by atoms with Crippen molar-refractivity contribution < 1.29 is 0 Å². The molecule has 0 spiro atoms. The highest BCUT2D eigenvalue weighted by Crippen LogP contribution is 2.10. The van der Waals surface area contributed by atoms with E-state index in [0.29, 0.717) is 0 Å². The number of benzene rings is 1. The highest BCUT2D eigenvalue weighted by Gasteiger charge is 2.00. The molecule has 0 N–H and O–H groups in total. The smallest absolute Gasteiger partial charge is 0.0712 e. The quantitative estimate of drug-likeness (QED) is 0.702. The van der Waals surface area contributed by atoms with Crippen molar-refractivity contribution in [2.24, 2.45) is 0 Å². The van der Waals surface area contributed by atoms with Gasteiger partial charge in [-0.2, -0.15) is 0 Å². The van der Waals surface area contributed by atoms with Crippen LogP contribution in [-0.4, -0.2) is 4.98 Å². The molecule has 1 aromatic carbocycles. The lowest BCUT2D eigenvalue weighted by Gasteiger charge is -2.03. The van der Waals surface area contributed by atoms with Crippen LogP contribution in [0.3, 0.4) is 0 Å². The van der Waals surface area contributed by atoms with Gasteiger partial charge in [0.15, 0.2) is 0 Å². The summed E-state index contributed by atoms with van der Waals surface area (Å²) in [7, 11) is 0. The number of nitrogens with zero attached hydrogens (tertiary/aromatic N) is 1. The number of rotatable bonds is 1. The Balaban J connectivity index is 3.06. The van der Waals surface area contributed by atoms with Crippen LogP contribution >= 0.6 is 0 Å². The Bertz CT molecular complexity index is 651. The van der Waals surface area contributed by atoms with Gasteiger partial charge in [0.05, 0.1) is 10.9 Å². The summed E-state index contributed by atoms with van der Waals surface area (Å²) in [6.45, 7) is 7.90. The number of aryl methyl sites for hydroxylation is 1. The normalized spacial score (nSPS) is 13.4. The maximum Gasteiger partial charge on any atom is 0.0712 e. The van der Waals surface area contributed by atoms with Gasteiger partial charge in [0.25, 0.3) is 0 Å². The van der Waals surface area contributed by atoms with E-state index in [-0.39, 0.29) is 0 Å². The van der Waals surface area contributed by atoms with Gasteiger partial charge in [0.1, 0.15) is 0 Å². The lowest BCUT2D eigenvalue weighted by atomic mass is 10.1. The van der Waals surface area contributed by atoms with E-state index in [9.17, 15) is 0 Å². The number of fused-ring (bicyclic) bond motifs is 1. The van der Waals surface area contributed by atoms with Gasteiger partial charge in [-0.05, 0) is 25.5 Å². The second-order valence-electron chi connectivity index (χ2n) is 3.74. The molecule has 0 bridgehead atoms. The molecule has 0 radical (unpaired) electrons. The van der Waals surface area contributed by atoms with E-state index in [1.165, 1.54) is 10.9 Å². The molecule has 0 aliphatic rings. The first-order valence-electron chi connectivity index (χ1n) is 5.42. The van der Waals surface area contributed by atoms with Gasteiger partial charge in [-0.15, -0.1) is 0 Å². The van der Waals surface area contributed by atoms with Gasteiger partial charge in [0, 0.05) is 10.6 Å². The summed E-state index contributed by atoms with van der Waals surface area (Å²) >= 11 is 0. The van der Waals surface area contributed by atoms with Crippen molar-refractivity contribution in [3.63, 3.8) is 0 Å². The van der Waals surface area contributed by atoms with Gasteiger partial charge in [-0.25, -0.2) is 4.98 Å². The molecule has 0 saturated heterocycles. The van der Waals surface area contributed by atoms with E-state index in [2.05, 4.69) is 24.6 Å². The minimum absolute atomic E-state index is 1.02. The summed E-state index contributed by atoms with van der Waals surface area (Å²) in [6.07, 6.45) is 5.87. The van der Waals surface area contributed by atoms with Crippen LogP contribution < -0.4 is 10.6 Å². The Labute approximate surface area is 95.5 Å². The van der Waals surface area contributed by atoms with E-state index < -0.39 is 0 Å². The molecule has 0 amide bonds. The van der Waals surface area contributed by atoms with Crippen LogP contribution in [0, 0.1) is 6.92 Å². The molecule has 0 aliphatic carbocycles. The molecular weight excluding hydrogens is 194 g/mol. The van der Waals surface area contributed by atoms with E-state index in [4.69, 9.17) is 0 Å². The molecule has 0 saturated carbocycles. The average Bonchev–Trinajstić information content (AvgIpc) is 2.33. The maximum absolute atomic E-state index is 4.64. The van der Waals surface area contributed by atoms with Gasteiger partial charge in [-0.1, -0.05) is 43.0 Å². The van der Waals surface area contributed by atoms with Crippen molar-refractivity contribution in [1.29, 1.82) is 0 Å². The fourth-order valence-electron chi connectivity index (χ4n) is 1.96. The summed E-state index contributed by atoms with van der Waals surface area (Å²) in [5.41, 5.74) is 2.31. The van der Waals surface area contributed by atoms with Gasteiger partial charge in [-0.3, -0.25) is 0 Å². The second kappa shape index (κ2) is 4.31. The molecule has 0 atom stereocenters. The minimum Gasteiger partial charge on any atom is -0.248 e. The first-order chi connectivity index (χ1) is 7.77. The maximum atomic E-state index is 4.64. The monoisotopic (exact) mass is 209 g/mol. The van der Waals surface area contributed by atoms with Crippen molar-refractivity contribution in [2.75, 3.05) is 0 Å². The van der Waals surface area contributed by atoms with Gasteiger partial charge < -0.3 is 0 Å². The lowest BCUT2D eigenvalue weighted by Crippen LogP contribution is -2.30. The number of para-hydroxylation sites is 1. The van der Waals surface area contributed by atoms with E-state index in [1.807, 2.05) is 43.4 Å². The summed E-state index contributed by atoms with van der Waals surface area (Å²) in [5, 5.41) is 3.40. The highest BCUT2D eigenvalue weighted by atomic mass is 14.7. The molecule has 1 nitrogen and oxygen atoms in total. The van der Waals surface area contributed by atoms with Crippen LogP contribution in [0.25, 0.3) is 23.1 Å². The Hall–Kier alpha value is -1.89. The predicted molar refractivity (Wildman–Crippen MR) is 70.5 cm³/mol. The third-order valence-electron chi connectivity index (χ3n) is 2.79. The summed E-state index contributed by atoms with van der Waals surface area (Å²) in [5.74, 6) is 0. The van der Waals surface area contributed by atoms with Crippen molar-refractivity contribution in [3.8, 4) is 0 Å². The Morgan fingerprint density at radius 2 is 2.00 bits per heavy atom. The molecule has 80 valence electrons. The fraction of sp³-hybridized carbons (Fsp3) is 0.133. The number of allylic oxidation sites excluding steroid dienone is 1. The second-order valence-corrected chi connectivity index (χ2v) is 3.74. The zero-order valence-electron chi connectivity index (χ0n) is 9.70. The van der Waals surface area contributed by atoms with Crippen LogP contribution in [0.5, 0.6) is 0 Å². The molecule has 0 aliphatic heterocycles. The first-order valence-corrected chi connectivity index (χ1v) is 5.42. The van der Waals surface area contributed by atoms with Crippen molar-refractivity contribution in [1.82, 2.24) is 4.98 Å². The largest absolute Gasteiger partial charge is 0.248 e. The van der Waals surface area contributed by atoms with E-state index in [1.54, 1.807) is 0 Å². The number of hydrogen-bond acceptors (Lipinski definition) is 1. The molecular formula is C15H15N. The minimum atomic E-state index is 1.02. The standard InChI is InChI=1S/C15H15N/c1-4-8-12-11(3)13-9-6-7-10-15(13)16-14(12)5-2/h4-10H,1H2,2-3H3/b12-8-,14-5+. The SMILES string of the molecule is C=C/C=c1/c(C)c2ccccc2n/c1=C/C. The van der Waals surface area contributed by atoms with Crippen molar-refractivity contribution >= 4 is 23.1 Å². The van der Waals surface area contributed by atoms with Crippen LogP contribution in [0.2, 0.25) is 0 Å². The Morgan fingerprint density at radius 1 is 1.25 bits per heavy atom. The summed E-state index contributed by atoms with van der Waals surface area (Å²) in [6, 6.07) is 8.22. The van der Waals surface area contributed by atoms with Crippen LogP contribution in [0.4, 0.5) is 0 Å². The zero-order chi connectivity index (χ0) is 11.5. The highest BCUT2D eigenvalue weighted by molar-refractivity contribution is 5.82. The topological polar surface area (TPSA) is 12.9 Å². The fourth-order valence-corrected chi connectivity index (χ4v) is 1.96. The molecule has 1 aromatic heterocycles.